The molecule has 0 spiro atoms. The zero-order chi connectivity index (χ0) is 20.9. The summed E-state index contributed by atoms with van der Waals surface area (Å²) >= 11 is 3.41. The first-order valence-corrected chi connectivity index (χ1v) is 10.2. The van der Waals surface area contributed by atoms with E-state index in [0.717, 1.165) is 32.7 Å². The lowest BCUT2D eigenvalue weighted by Crippen LogP contribution is -1.94. The molecule has 4 rings (SSSR count). The number of para-hydroxylation sites is 1. The number of nitrogens with zero attached hydrogens (tertiary/aromatic N) is 2. The first-order valence-electron chi connectivity index (χ1n) is 9.41. The average Bonchev–Trinajstić information content (AvgIpc) is 3.22. The normalized spacial score (nSPS) is 11.0. The molecule has 0 bridgehead atoms. The van der Waals surface area contributed by atoms with Gasteiger partial charge in [-0.15, -0.1) is 0 Å². The van der Waals surface area contributed by atoms with Gasteiger partial charge in [0.05, 0.1) is 18.5 Å². The minimum Gasteiger partial charge on any atom is -0.497 e. The van der Waals surface area contributed by atoms with E-state index >= 15 is 0 Å². The standard InChI is InChI=1S/C25H19BrN2O2/c1-30-23-13-10-18(11-14-23)25-20(17-28(27-25)22-8-3-2-4-9-22)12-15-24(29)19-6-5-7-21(26)16-19/h2-17H,1H3. The molecule has 0 N–H and O–H groups in total. The quantitative estimate of drug-likeness (QED) is 0.255. The molecule has 0 saturated carbocycles. The fraction of sp³-hybridized carbons (Fsp3) is 0.0400. The molecule has 0 amide bonds. The number of ketones is 1. The third-order valence-corrected chi connectivity index (χ3v) is 5.14. The van der Waals surface area contributed by atoms with Crippen LogP contribution in [0.15, 0.2) is 95.6 Å². The monoisotopic (exact) mass is 458 g/mol. The van der Waals surface area contributed by atoms with Gasteiger partial charge in [0, 0.05) is 27.4 Å². The Labute approximate surface area is 183 Å². The Hall–Kier alpha value is -3.44. The number of carbonyl (C=O) groups is 1. The van der Waals surface area contributed by atoms with Gasteiger partial charge in [0.1, 0.15) is 5.75 Å². The zero-order valence-electron chi connectivity index (χ0n) is 16.3. The highest BCUT2D eigenvalue weighted by Crippen LogP contribution is 2.27. The zero-order valence-corrected chi connectivity index (χ0v) is 17.9. The third-order valence-electron chi connectivity index (χ3n) is 4.65. The van der Waals surface area contributed by atoms with Crippen molar-refractivity contribution in [3.8, 4) is 22.7 Å². The number of rotatable bonds is 6. The topological polar surface area (TPSA) is 44.1 Å². The van der Waals surface area contributed by atoms with Crippen molar-refractivity contribution in [2.24, 2.45) is 0 Å². The first-order chi connectivity index (χ1) is 14.6. The van der Waals surface area contributed by atoms with Crippen molar-refractivity contribution in [2.45, 2.75) is 0 Å². The molecule has 4 nitrogen and oxygen atoms in total. The first kappa shape index (κ1) is 19.9. The summed E-state index contributed by atoms with van der Waals surface area (Å²) in [6.07, 6.45) is 5.33. The van der Waals surface area contributed by atoms with Crippen molar-refractivity contribution in [1.29, 1.82) is 0 Å². The fourth-order valence-corrected chi connectivity index (χ4v) is 3.50. The molecule has 5 heteroatoms. The molecule has 1 aromatic heterocycles. The molecule has 0 unspecified atom stereocenters. The predicted molar refractivity (Wildman–Crippen MR) is 123 cm³/mol. The largest absolute Gasteiger partial charge is 0.497 e. The number of carbonyl (C=O) groups excluding carboxylic acids is 1. The summed E-state index contributed by atoms with van der Waals surface area (Å²) in [5.74, 6) is 0.715. The van der Waals surface area contributed by atoms with E-state index in [-0.39, 0.29) is 5.78 Å². The molecule has 3 aromatic carbocycles. The van der Waals surface area contributed by atoms with Crippen LogP contribution in [0.3, 0.4) is 0 Å². The number of aromatic nitrogens is 2. The third kappa shape index (κ3) is 4.42. The molecule has 1 heterocycles. The molecule has 148 valence electrons. The van der Waals surface area contributed by atoms with Crippen molar-refractivity contribution in [3.05, 3.63) is 107 Å². The fourth-order valence-electron chi connectivity index (χ4n) is 3.10. The Kier molecular flexibility index (Phi) is 5.91. The number of hydrogen-bond donors (Lipinski definition) is 0. The van der Waals surface area contributed by atoms with Crippen molar-refractivity contribution >= 4 is 27.8 Å². The van der Waals surface area contributed by atoms with Crippen molar-refractivity contribution < 1.29 is 9.53 Å². The van der Waals surface area contributed by atoms with Crippen molar-refractivity contribution in [3.63, 3.8) is 0 Å². The van der Waals surface area contributed by atoms with Crippen LogP contribution in [0.2, 0.25) is 0 Å². The second-order valence-electron chi connectivity index (χ2n) is 6.65. The van der Waals surface area contributed by atoms with Gasteiger partial charge in [-0.3, -0.25) is 4.79 Å². The van der Waals surface area contributed by atoms with E-state index in [0.29, 0.717) is 5.56 Å². The van der Waals surface area contributed by atoms with Gasteiger partial charge in [0.15, 0.2) is 5.78 Å². The summed E-state index contributed by atoms with van der Waals surface area (Å²) < 4.78 is 7.95. The van der Waals surface area contributed by atoms with E-state index in [2.05, 4.69) is 15.9 Å². The molecule has 0 fully saturated rings. The summed E-state index contributed by atoms with van der Waals surface area (Å²) in [6, 6.07) is 25.0. The highest BCUT2D eigenvalue weighted by Gasteiger charge is 2.12. The molecule has 30 heavy (non-hydrogen) atoms. The maximum atomic E-state index is 12.6. The van der Waals surface area contributed by atoms with Crippen LogP contribution in [0.1, 0.15) is 15.9 Å². The molecular formula is C25H19BrN2O2. The van der Waals surface area contributed by atoms with E-state index in [1.54, 1.807) is 19.3 Å². The van der Waals surface area contributed by atoms with Crippen LogP contribution in [0, 0.1) is 0 Å². The van der Waals surface area contributed by atoms with Crippen molar-refractivity contribution in [1.82, 2.24) is 9.78 Å². The van der Waals surface area contributed by atoms with Gasteiger partial charge in [-0.2, -0.15) is 5.10 Å². The van der Waals surface area contributed by atoms with Gasteiger partial charge >= 0.3 is 0 Å². The van der Waals surface area contributed by atoms with Crippen LogP contribution in [-0.4, -0.2) is 22.7 Å². The minimum atomic E-state index is -0.0653. The van der Waals surface area contributed by atoms with Crippen LogP contribution in [0.4, 0.5) is 0 Å². The predicted octanol–water partition coefficient (Wildman–Crippen LogP) is 6.21. The van der Waals surface area contributed by atoms with Crippen molar-refractivity contribution in [2.75, 3.05) is 7.11 Å². The highest BCUT2D eigenvalue weighted by atomic mass is 79.9. The number of allylic oxidation sites excluding steroid dienone is 1. The van der Waals surface area contributed by atoms with Gasteiger partial charge in [-0.1, -0.05) is 46.3 Å². The van der Waals surface area contributed by atoms with Crippen LogP contribution in [-0.2, 0) is 0 Å². The summed E-state index contributed by atoms with van der Waals surface area (Å²) in [7, 11) is 1.64. The van der Waals surface area contributed by atoms with Crippen LogP contribution >= 0.6 is 15.9 Å². The number of halogens is 1. The molecule has 0 atom stereocenters. The highest BCUT2D eigenvalue weighted by molar-refractivity contribution is 9.10. The van der Waals surface area contributed by atoms with Crippen LogP contribution in [0.25, 0.3) is 23.0 Å². The van der Waals surface area contributed by atoms with Gasteiger partial charge in [-0.25, -0.2) is 4.68 Å². The van der Waals surface area contributed by atoms with E-state index in [1.165, 1.54) is 0 Å². The Balaban J connectivity index is 1.73. The smallest absolute Gasteiger partial charge is 0.185 e. The Bertz CT molecular complexity index is 1200. The molecule has 0 aliphatic carbocycles. The number of benzene rings is 3. The molecular weight excluding hydrogens is 440 g/mol. The summed E-state index contributed by atoms with van der Waals surface area (Å²) in [6.45, 7) is 0. The van der Waals surface area contributed by atoms with E-state index < -0.39 is 0 Å². The molecule has 4 aromatic rings. The van der Waals surface area contributed by atoms with Gasteiger partial charge in [0.25, 0.3) is 0 Å². The minimum absolute atomic E-state index is 0.0653. The Morgan fingerprint density at radius 1 is 1.00 bits per heavy atom. The lowest BCUT2D eigenvalue weighted by molar-refractivity contribution is 0.104. The lowest BCUT2D eigenvalue weighted by Gasteiger charge is -2.02. The Morgan fingerprint density at radius 2 is 1.77 bits per heavy atom. The van der Waals surface area contributed by atoms with Gasteiger partial charge < -0.3 is 4.74 Å². The van der Waals surface area contributed by atoms with E-state index in [9.17, 15) is 4.79 Å². The van der Waals surface area contributed by atoms with Gasteiger partial charge in [0.2, 0.25) is 0 Å². The van der Waals surface area contributed by atoms with E-state index in [4.69, 9.17) is 9.84 Å². The van der Waals surface area contributed by atoms with Crippen LogP contribution in [0.5, 0.6) is 5.75 Å². The maximum absolute atomic E-state index is 12.6. The molecule has 0 saturated heterocycles. The number of ether oxygens (including phenoxy) is 1. The summed E-state index contributed by atoms with van der Waals surface area (Å²) in [4.78, 5) is 12.6. The second kappa shape index (κ2) is 8.93. The molecule has 0 radical (unpaired) electrons. The molecule has 0 aliphatic heterocycles. The SMILES string of the molecule is COc1ccc(-c2nn(-c3ccccc3)cc2C=CC(=O)c2cccc(Br)c2)cc1. The van der Waals surface area contributed by atoms with E-state index in [1.807, 2.05) is 89.8 Å². The average molecular weight is 459 g/mol. The van der Waals surface area contributed by atoms with Gasteiger partial charge in [-0.05, 0) is 60.7 Å². The number of methoxy groups -OCH3 is 1. The second-order valence-corrected chi connectivity index (χ2v) is 7.57. The summed E-state index contributed by atoms with van der Waals surface area (Å²) in [5.41, 5.74) is 4.17. The van der Waals surface area contributed by atoms with Crippen LogP contribution < -0.4 is 4.74 Å². The lowest BCUT2D eigenvalue weighted by atomic mass is 10.1. The molecule has 0 aliphatic rings. The summed E-state index contributed by atoms with van der Waals surface area (Å²) in [5, 5.41) is 4.78. The number of hydrogen-bond acceptors (Lipinski definition) is 3. The maximum Gasteiger partial charge on any atom is 0.185 e. The Morgan fingerprint density at radius 3 is 2.47 bits per heavy atom.